The van der Waals surface area contributed by atoms with Crippen LogP contribution in [0.15, 0.2) is 48.8 Å². The van der Waals surface area contributed by atoms with Crippen LogP contribution in [-0.4, -0.2) is 4.98 Å². The number of hydrogen-bond donors (Lipinski definition) is 1. The maximum Gasteiger partial charge on any atom is 0.0326 e. The second kappa shape index (κ2) is 5.54. The van der Waals surface area contributed by atoms with Crippen LogP contribution in [0.4, 0.5) is 0 Å². The summed E-state index contributed by atoms with van der Waals surface area (Å²) >= 11 is 0. The molecule has 19 heavy (non-hydrogen) atoms. The van der Waals surface area contributed by atoms with E-state index in [0.29, 0.717) is 12.0 Å². The molecule has 1 N–H and O–H groups in total. The van der Waals surface area contributed by atoms with Crippen LogP contribution in [-0.2, 0) is 6.54 Å². The number of nitrogens with one attached hydrogen (secondary N) is 1. The van der Waals surface area contributed by atoms with Gasteiger partial charge in [-0.1, -0.05) is 37.3 Å². The molecule has 1 heterocycles. The number of benzene rings is 1. The first-order valence-corrected chi connectivity index (χ1v) is 7.05. The van der Waals surface area contributed by atoms with Crippen molar-refractivity contribution in [2.75, 3.05) is 0 Å². The highest BCUT2D eigenvalue weighted by Gasteiger charge is 2.23. The summed E-state index contributed by atoms with van der Waals surface area (Å²) in [7, 11) is 0. The van der Waals surface area contributed by atoms with E-state index in [0.717, 1.165) is 6.54 Å². The highest BCUT2D eigenvalue weighted by molar-refractivity contribution is 5.35. The van der Waals surface area contributed by atoms with Gasteiger partial charge in [0.1, 0.15) is 0 Å². The quantitative estimate of drug-likeness (QED) is 0.898. The molecule has 0 radical (unpaired) electrons. The van der Waals surface area contributed by atoms with E-state index in [9.17, 15) is 0 Å². The fourth-order valence-corrected chi connectivity index (χ4v) is 2.96. The maximum absolute atomic E-state index is 4.16. The lowest BCUT2D eigenvalue weighted by molar-refractivity contribution is 0.431. The molecule has 0 fully saturated rings. The van der Waals surface area contributed by atoms with E-state index in [2.05, 4.69) is 47.6 Å². The van der Waals surface area contributed by atoms with Gasteiger partial charge in [-0.25, -0.2) is 0 Å². The molecule has 1 aliphatic carbocycles. The van der Waals surface area contributed by atoms with Crippen molar-refractivity contribution in [3.05, 3.63) is 65.5 Å². The number of fused-ring (bicyclic) bond motifs is 1. The summed E-state index contributed by atoms with van der Waals surface area (Å²) in [4.78, 5) is 4.16. The summed E-state index contributed by atoms with van der Waals surface area (Å²) in [6.07, 6.45) is 6.24. The Morgan fingerprint density at radius 1 is 1.11 bits per heavy atom. The number of nitrogens with zero attached hydrogens (tertiary/aromatic N) is 1. The highest BCUT2D eigenvalue weighted by Crippen LogP contribution is 2.36. The first kappa shape index (κ1) is 12.4. The Kier molecular flexibility index (Phi) is 3.60. The summed E-state index contributed by atoms with van der Waals surface area (Å²) in [5.74, 6) is 0.688. The predicted molar refractivity (Wildman–Crippen MR) is 77.9 cm³/mol. The van der Waals surface area contributed by atoms with E-state index in [1.807, 2.05) is 18.5 Å². The summed E-state index contributed by atoms with van der Waals surface area (Å²) in [5, 5.41) is 3.67. The normalized spacial score (nSPS) is 21.9. The molecule has 0 saturated heterocycles. The first-order valence-electron chi connectivity index (χ1n) is 7.05. The van der Waals surface area contributed by atoms with Crippen LogP contribution < -0.4 is 5.32 Å². The van der Waals surface area contributed by atoms with Crippen LogP contribution in [0.25, 0.3) is 0 Å². The summed E-state index contributed by atoms with van der Waals surface area (Å²) in [6, 6.07) is 13.4. The fraction of sp³-hybridized carbons (Fsp3) is 0.353. The molecule has 1 aromatic carbocycles. The molecule has 2 nitrogen and oxygen atoms in total. The maximum atomic E-state index is 4.16. The number of pyridine rings is 1. The average Bonchev–Trinajstić information content (AvgIpc) is 2.48. The van der Waals surface area contributed by atoms with Crippen LogP contribution in [0.5, 0.6) is 0 Å². The molecule has 2 unspecified atom stereocenters. The minimum atomic E-state index is 0.479. The molecule has 0 saturated carbocycles. The Bertz CT molecular complexity index is 536. The van der Waals surface area contributed by atoms with Crippen molar-refractivity contribution < 1.29 is 0 Å². The molecule has 1 aromatic heterocycles. The van der Waals surface area contributed by atoms with E-state index >= 15 is 0 Å². The zero-order valence-electron chi connectivity index (χ0n) is 11.3. The van der Waals surface area contributed by atoms with Gasteiger partial charge >= 0.3 is 0 Å². The van der Waals surface area contributed by atoms with E-state index < -0.39 is 0 Å². The Labute approximate surface area is 114 Å². The first-order chi connectivity index (χ1) is 9.34. The van der Waals surface area contributed by atoms with E-state index in [-0.39, 0.29) is 0 Å². The number of hydrogen-bond acceptors (Lipinski definition) is 2. The molecule has 2 heteroatoms. The molecular formula is C17H20N2. The van der Waals surface area contributed by atoms with Crippen molar-refractivity contribution in [3.8, 4) is 0 Å². The third-order valence-corrected chi connectivity index (χ3v) is 4.07. The van der Waals surface area contributed by atoms with Crippen LogP contribution in [0.1, 0.15) is 48.4 Å². The average molecular weight is 252 g/mol. The molecule has 0 amide bonds. The Balaban J connectivity index is 1.74. The van der Waals surface area contributed by atoms with E-state index in [1.165, 1.54) is 29.5 Å². The number of aromatic nitrogens is 1. The topological polar surface area (TPSA) is 24.9 Å². The smallest absolute Gasteiger partial charge is 0.0326 e. The van der Waals surface area contributed by atoms with Crippen molar-refractivity contribution in [2.45, 2.75) is 38.3 Å². The Hall–Kier alpha value is -1.67. The van der Waals surface area contributed by atoms with Crippen LogP contribution in [0.3, 0.4) is 0 Å². The fourth-order valence-electron chi connectivity index (χ4n) is 2.96. The molecule has 0 spiro atoms. The zero-order chi connectivity index (χ0) is 13.1. The van der Waals surface area contributed by atoms with Crippen molar-refractivity contribution in [2.24, 2.45) is 0 Å². The van der Waals surface area contributed by atoms with Gasteiger partial charge in [0, 0.05) is 25.0 Å². The lowest BCUT2D eigenvalue weighted by atomic mass is 9.81. The van der Waals surface area contributed by atoms with Crippen molar-refractivity contribution in [1.82, 2.24) is 10.3 Å². The molecule has 3 rings (SSSR count). The van der Waals surface area contributed by atoms with E-state index in [4.69, 9.17) is 0 Å². The van der Waals surface area contributed by atoms with Gasteiger partial charge < -0.3 is 5.32 Å². The van der Waals surface area contributed by atoms with Gasteiger partial charge in [0.25, 0.3) is 0 Å². The monoisotopic (exact) mass is 252 g/mol. The molecule has 1 aliphatic rings. The van der Waals surface area contributed by atoms with Gasteiger partial charge in [0.05, 0.1) is 0 Å². The lowest BCUT2D eigenvalue weighted by Gasteiger charge is -2.30. The van der Waals surface area contributed by atoms with Gasteiger partial charge in [-0.15, -0.1) is 0 Å². The summed E-state index contributed by atoms with van der Waals surface area (Å²) < 4.78 is 0. The number of rotatable bonds is 3. The minimum Gasteiger partial charge on any atom is -0.306 e. The van der Waals surface area contributed by atoms with Gasteiger partial charge in [-0.05, 0) is 41.5 Å². The van der Waals surface area contributed by atoms with Gasteiger partial charge in [0.2, 0.25) is 0 Å². The molecule has 0 aliphatic heterocycles. The molecule has 98 valence electrons. The second-order valence-electron chi connectivity index (χ2n) is 5.40. The van der Waals surface area contributed by atoms with Gasteiger partial charge in [0.15, 0.2) is 0 Å². The minimum absolute atomic E-state index is 0.479. The van der Waals surface area contributed by atoms with Crippen LogP contribution >= 0.6 is 0 Å². The SMILES string of the molecule is CC1CCC(NCc2cccnc2)c2ccccc21. The third-order valence-electron chi connectivity index (χ3n) is 4.07. The standard InChI is InChI=1S/C17H20N2/c1-13-8-9-17(16-7-3-2-6-15(13)16)19-12-14-5-4-10-18-11-14/h2-7,10-11,13,17,19H,8-9,12H2,1H3. The zero-order valence-corrected chi connectivity index (χ0v) is 11.3. The van der Waals surface area contributed by atoms with Crippen LogP contribution in [0, 0.1) is 0 Å². The van der Waals surface area contributed by atoms with Gasteiger partial charge in [-0.2, -0.15) is 0 Å². The predicted octanol–water partition coefficient (Wildman–Crippen LogP) is 3.81. The second-order valence-corrected chi connectivity index (χ2v) is 5.40. The molecule has 2 atom stereocenters. The van der Waals surface area contributed by atoms with Crippen molar-refractivity contribution in [3.63, 3.8) is 0 Å². The van der Waals surface area contributed by atoms with E-state index in [1.54, 1.807) is 0 Å². The largest absolute Gasteiger partial charge is 0.306 e. The lowest BCUT2D eigenvalue weighted by Crippen LogP contribution is -2.25. The Morgan fingerprint density at radius 2 is 1.95 bits per heavy atom. The molecular weight excluding hydrogens is 232 g/mol. The summed E-state index contributed by atoms with van der Waals surface area (Å²) in [5.41, 5.74) is 4.24. The third kappa shape index (κ3) is 2.69. The Morgan fingerprint density at radius 3 is 2.74 bits per heavy atom. The molecule has 2 aromatic rings. The highest BCUT2D eigenvalue weighted by atomic mass is 14.9. The van der Waals surface area contributed by atoms with Gasteiger partial charge in [-0.3, -0.25) is 4.98 Å². The van der Waals surface area contributed by atoms with Crippen molar-refractivity contribution in [1.29, 1.82) is 0 Å². The summed E-state index contributed by atoms with van der Waals surface area (Å²) in [6.45, 7) is 3.22. The van der Waals surface area contributed by atoms with Crippen LogP contribution in [0.2, 0.25) is 0 Å². The molecule has 0 bridgehead atoms. The van der Waals surface area contributed by atoms with Crippen molar-refractivity contribution >= 4 is 0 Å².